The Balaban J connectivity index is 0.000000357. The number of aldehydes is 1. The van der Waals surface area contributed by atoms with Gasteiger partial charge >= 0.3 is 6.18 Å². The van der Waals surface area contributed by atoms with Crippen molar-refractivity contribution in [2.75, 3.05) is 17.7 Å². The number of carbonyl (C=O) groups excluding carboxylic acids is 3. The molecule has 12 heteroatoms. The highest BCUT2D eigenvalue weighted by Crippen LogP contribution is 2.30. The first-order valence-corrected chi connectivity index (χ1v) is 12.5. The Hall–Kier alpha value is -4.87. The number of hydrogen-bond donors (Lipinski definition) is 5. The van der Waals surface area contributed by atoms with Crippen LogP contribution in [0.4, 0.5) is 24.7 Å². The second-order valence-corrected chi connectivity index (χ2v) is 9.07. The topological polar surface area (TPSA) is 152 Å². The van der Waals surface area contributed by atoms with Crippen LogP contribution in [0.1, 0.15) is 36.5 Å². The van der Waals surface area contributed by atoms with Crippen LogP contribution in [0.15, 0.2) is 72.2 Å². The molecule has 1 aliphatic carbocycles. The van der Waals surface area contributed by atoms with Crippen LogP contribution in [0.25, 0.3) is 11.3 Å². The van der Waals surface area contributed by atoms with Crippen molar-refractivity contribution in [2.45, 2.75) is 32.9 Å². The molecule has 41 heavy (non-hydrogen) atoms. The first-order valence-electron chi connectivity index (χ1n) is 12.5. The summed E-state index contributed by atoms with van der Waals surface area (Å²) in [4.78, 5) is 36.2. The Kier molecular flexibility index (Phi) is 11.9. The predicted octanol–water partition coefficient (Wildman–Crippen LogP) is 4.40. The summed E-state index contributed by atoms with van der Waals surface area (Å²) in [5, 5.41) is 7.94. The van der Waals surface area contributed by atoms with Gasteiger partial charge in [0.05, 0.1) is 0 Å². The summed E-state index contributed by atoms with van der Waals surface area (Å²) >= 11 is 0. The second kappa shape index (κ2) is 15.1. The van der Waals surface area contributed by atoms with Crippen LogP contribution in [0.3, 0.4) is 0 Å². The van der Waals surface area contributed by atoms with Gasteiger partial charge in [0.25, 0.3) is 0 Å². The number of aryl methyl sites for hydroxylation is 1. The minimum absolute atomic E-state index is 0.0208. The standard InChI is InChI=1S/C21H25N5O.C8H8F3NO2/c1-13-3-6-17(24-2)11-18(13)19(23)9-16(12-22)15-7-8-25-20(10-15)26-21(27)14-4-5-14;1-6(8(9,10)11)2-7(4-13)3-12-5-14/h3,6-12,14,24H,4-5,22-23H2,1-2H3,(H,25,26,27);2-5H,1H3,(H,12,14)/b16-12+,19-9-;6-2+,7-3+. The molecule has 1 fully saturated rings. The molecule has 0 atom stereocenters. The monoisotopic (exact) mass is 570 g/mol. The maximum Gasteiger partial charge on any atom is 0.412 e. The molecule has 1 saturated carbocycles. The number of nitrogens with zero attached hydrogens (tertiary/aromatic N) is 1. The summed E-state index contributed by atoms with van der Waals surface area (Å²) in [6.07, 6.45) is 4.41. The van der Waals surface area contributed by atoms with E-state index in [-0.39, 0.29) is 30.1 Å². The number of alkyl halides is 3. The van der Waals surface area contributed by atoms with Crippen LogP contribution in [-0.4, -0.2) is 36.8 Å². The third-order valence-electron chi connectivity index (χ3n) is 5.90. The van der Waals surface area contributed by atoms with Gasteiger partial charge in [0.1, 0.15) is 5.82 Å². The van der Waals surface area contributed by atoms with Crippen LogP contribution < -0.4 is 27.4 Å². The third-order valence-corrected chi connectivity index (χ3v) is 5.90. The summed E-state index contributed by atoms with van der Waals surface area (Å²) in [5.74, 6) is 0.662. The number of nitrogens with one attached hydrogen (secondary N) is 3. The molecule has 1 aliphatic rings. The number of aromatic nitrogens is 1. The van der Waals surface area contributed by atoms with Crippen LogP contribution in [-0.2, 0) is 14.4 Å². The molecular weight excluding hydrogens is 537 g/mol. The lowest BCUT2D eigenvalue weighted by molar-refractivity contribution is -0.117. The maximum atomic E-state index is 12.0. The lowest BCUT2D eigenvalue weighted by Gasteiger charge is -2.11. The van der Waals surface area contributed by atoms with E-state index < -0.39 is 11.7 Å². The second-order valence-electron chi connectivity index (χ2n) is 9.07. The molecule has 0 unspecified atom stereocenters. The van der Waals surface area contributed by atoms with Gasteiger partial charge in [-0.2, -0.15) is 13.2 Å². The smallest absolute Gasteiger partial charge is 0.404 e. The van der Waals surface area contributed by atoms with Crippen molar-refractivity contribution in [2.24, 2.45) is 17.4 Å². The highest BCUT2D eigenvalue weighted by molar-refractivity contribution is 5.94. The SMILES string of the molecule is C/C(=C\C(C=O)=C/NC=O)C(F)(F)F.CNc1ccc(C)c(/C(N)=C/C(=C\N)c2ccnc(NC(=O)C3CC3)c2)c1. The number of anilines is 2. The molecule has 0 aliphatic heterocycles. The molecule has 2 amide bonds. The van der Waals surface area contributed by atoms with Gasteiger partial charge in [-0.15, -0.1) is 0 Å². The van der Waals surface area contributed by atoms with Crippen LogP contribution in [0, 0.1) is 12.8 Å². The molecule has 1 aromatic carbocycles. The van der Waals surface area contributed by atoms with Gasteiger partial charge in [0, 0.05) is 59.7 Å². The first-order chi connectivity index (χ1) is 19.4. The zero-order chi connectivity index (χ0) is 30.6. The van der Waals surface area contributed by atoms with E-state index in [1.165, 1.54) is 6.20 Å². The van der Waals surface area contributed by atoms with Crippen molar-refractivity contribution in [1.29, 1.82) is 0 Å². The van der Waals surface area contributed by atoms with Gasteiger partial charge < -0.3 is 27.4 Å². The summed E-state index contributed by atoms with van der Waals surface area (Å²) < 4.78 is 35.9. The fourth-order valence-corrected chi connectivity index (χ4v) is 3.39. The van der Waals surface area contributed by atoms with E-state index in [1.807, 2.05) is 49.6 Å². The summed E-state index contributed by atoms with van der Waals surface area (Å²) in [6, 6.07) is 9.67. The van der Waals surface area contributed by atoms with Crippen molar-refractivity contribution in [1.82, 2.24) is 10.3 Å². The first kappa shape index (κ1) is 32.3. The number of halogens is 3. The number of allylic oxidation sites excluding steroid dienone is 5. The van der Waals surface area contributed by atoms with E-state index in [2.05, 4.69) is 15.6 Å². The van der Waals surface area contributed by atoms with Crippen LogP contribution >= 0.6 is 0 Å². The van der Waals surface area contributed by atoms with Gasteiger partial charge in [-0.05, 0) is 79.8 Å². The Morgan fingerprint density at radius 3 is 2.39 bits per heavy atom. The fraction of sp³-hybridized carbons (Fsp3) is 0.241. The number of amides is 2. The number of carbonyl (C=O) groups is 3. The van der Waals surface area contributed by atoms with Crippen molar-refractivity contribution in [3.63, 3.8) is 0 Å². The summed E-state index contributed by atoms with van der Waals surface area (Å²) in [5.41, 5.74) is 16.2. The van der Waals surface area contributed by atoms with E-state index >= 15 is 0 Å². The largest absolute Gasteiger partial charge is 0.412 e. The Labute approximate surface area is 236 Å². The Bertz CT molecular complexity index is 1380. The third kappa shape index (κ3) is 10.3. The molecule has 7 N–H and O–H groups in total. The lowest BCUT2D eigenvalue weighted by atomic mass is 10.0. The molecular formula is C29H33F3N6O3. The Morgan fingerprint density at radius 2 is 1.83 bits per heavy atom. The molecule has 1 aromatic heterocycles. The average Bonchev–Trinajstić information content (AvgIpc) is 3.80. The molecule has 3 rings (SSSR count). The van der Waals surface area contributed by atoms with Gasteiger partial charge in [-0.3, -0.25) is 14.4 Å². The van der Waals surface area contributed by atoms with Crippen molar-refractivity contribution in [3.05, 3.63) is 88.9 Å². The van der Waals surface area contributed by atoms with Crippen molar-refractivity contribution >= 4 is 41.4 Å². The molecule has 0 bridgehead atoms. The number of hydrogen-bond acceptors (Lipinski definition) is 7. The lowest BCUT2D eigenvalue weighted by Crippen LogP contribution is -2.14. The quantitative estimate of drug-likeness (QED) is 0.161. The highest BCUT2D eigenvalue weighted by atomic mass is 19.4. The minimum atomic E-state index is -4.47. The van der Waals surface area contributed by atoms with Crippen molar-refractivity contribution in [3.8, 4) is 0 Å². The number of benzene rings is 1. The highest BCUT2D eigenvalue weighted by Gasteiger charge is 2.30. The van der Waals surface area contributed by atoms with Crippen LogP contribution in [0.2, 0.25) is 0 Å². The zero-order valence-electron chi connectivity index (χ0n) is 22.9. The molecule has 2 aromatic rings. The number of rotatable bonds is 10. The maximum absolute atomic E-state index is 12.0. The molecule has 1 heterocycles. The molecule has 0 spiro atoms. The molecule has 0 radical (unpaired) electrons. The number of nitrogens with two attached hydrogens (primary N) is 2. The van der Waals surface area contributed by atoms with E-state index in [9.17, 15) is 27.6 Å². The van der Waals surface area contributed by atoms with Gasteiger partial charge in [-0.1, -0.05) is 6.07 Å². The molecule has 0 saturated heterocycles. The normalized spacial score (nSPS) is 14.4. The molecule has 218 valence electrons. The summed E-state index contributed by atoms with van der Waals surface area (Å²) in [7, 11) is 1.87. The number of pyridine rings is 1. The molecule has 9 nitrogen and oxygen atoms in total. The summed E-state index contributed by atoms with van der Waals surface area (Å²) in [6.45, 7) is 2.84. The van der Waals surface area contributed by atoms with Gasteiger partial charge in [-0.25, -0.2) is 4.98 Å². The van der Waals surface area contributed by atoms with E-state index in [1.54, 1.807) is 12.3 Å². The van der Waals surface area contributed by atoms with Crippen molar-refractivity contribution < 1.29 is 27.6 Å². The van der Waals surface area contributed by atoms with E-state index in [0.717, 1.165) is 53.9 Å². The average molecular weight is 571 g/mol. The van der Waals surface area contributed by atoms with E-state index in [4.69, 9.17) is 11.5 Å². The predicted molar refractivity (Wildman–Crippen MR) is 154 cm³/mol. The zero-order valence-corrected chi connectivity index (χ0v) is 22.9. The fourth-order valence-electron chi connectivity index (χ4n) is 3.39. The van der Waals surface area contributed by atoms with Gasteiger partial charge in [0.2, 0.25) is 12.3 Å². The minimum Gasteiger partial charge on any atom is -0.404 e. The van der Waals surface area contributed by atoms with E-state index in [0.29, 0.717) is 17.6 Å². The Morgan fingerprint density at radius 1 is 1.12 bits per heavy atom. The van der Waals surface area contributed by atoms with Gasteiger partial charge in [0.15, 0.2) is 6.29 Å². The van der Waals surface area contributed by atoms with Crippen LogP contribution in [0.5, 0.6) is 0 Å².